The maximum atomic E-state index is 11.4. The lowest BCUT2D eigenvalue weighted by Gasteiger charge is -2.07. The van der Waals surface area contributed by atoms with Gasteiger partial charge in [0.2, 0.25) is 5.95 Å². The standard InChI is InChI=1S/C8H10ClN3O2/c1-4(2)14-7(13)5-3-11-8(10)12-6(5)9/h3-4H,1-2H3,(H2,10,11,12). The van der Waals surface area contributed by atoms with E-state index in [0.717, 1.165) is 0 Å². The number of rotatable bonds is 2. The SMILES string of the molecule is CC(C)OC(=O)c1cnc(N)nc1Cl. The molecule has 1 aromatic rings. The summed E-state index contributed by atoms with van der Waals surface area (Å²) in [7, 11) is 0. The number of ether oxygens (including phenoxy) is 1. The highest BCUT2D eigenvalue weighted by Gasteiger charge is 2.15. The number of halogens is 1. The highest BCUT2D eigenvalue weighted by Crippen LogP contribution is 2.14. The summed E-state index contributed by atoms with van der Waals surface area (Å²) in [6.07, 6.45) is 1.03. The highest BCUT2D eigenvalue weighted by atomic mass is 35.5. The van der Waals surface area contributed by atoms with E-state index in [2.05, 4.69) is 9.97 Å². The molecule has 0 atom stereocenters. The molecular weight excluding hydrogens is 206 g/mol. The molecule has 0 aliphatic rings. The topological polar surface area (TPSA) is 78.1 Å². The van der Waals surface area contributed by atoms with E-state index in [1.54, 1.807) is 13.8 Å². The minimum Gasteiger partial charge on any atom is -0.459 e. The van der Waals surface area contributed by atoms with Crippen LogP contribution < -0.4 is 5.73 Å². The molecule has 1 heterocycles. The molecular formula is C8H10ClN3O2. The Kier molecular flexibility index (Phi) is 3.24. The zero-order chi connectivity index (χ0) is 10.7. The summed E-state index contributed by atoms with van der Waals surface area (Å²) in [5.41, 5.74) is 5.39. The number of hydrogen-bond acceptors (Lipinski definition) is 5. The molecule has 0 aromatic carbocycles. The van der Waals surface area contributed by atoms with Crippen LogP contribution in [0.3, 0.4) is 0 Å². The lowest BCUT2D eigenvalue weighted by molar-refractivity contribution is 0.0377. The normalized spacial score (nSPS) is 10.3. The first-order valence-corrected chi connectivity index (χ1v) is 4.37. The molecule has 0 saturated carbocycles. The van der Waals surface area contributed by atoms with E-state index in [9.17, 15) is 4.79 Å². The molecule has 6 heteroatoms. The van der Waals surface area contributed by atoms with Crippen molar-refractivity contribution < 1.29 is 9.53 Å². The fourth-order valence-corrected chi connectivity index (χ4v) is 1.00. The largest absolute Gasteiger partial charge is 0.459 e. The molecule has 76 valence electrons. The van der Waals surface area contributed by atoms with E-state index >= 15 is 0 Å². The van der Waals surface area contributed by atoms with Crippen molar-refractivity contribution >= 4 is 23.5 Å². The van der Waals surface area contributed by atoms with Crippen molar-refractivity contribution in [2.75, 3.05) is 5.73 Å². The van der Waals surface area contributed by atoms with Gasteiger partial charge in [0.15, 0.2) is 0 Å². The van der Waals surface area contributed by atoms with Crippen LogP contribution in [-0.4, -0.2) is 22.0 Å². The molecule has 0 aliphatic carbocycles. The van der Waals surface area contributed by atoms with Gasteiger partial charge in [-0.15, -0.1) is 0 Å². The Labute approximate surface area is 86.2 Å². The molecule has 0 amide bonds. The van der Waals surface area contributed by atoms with Crippen LogP contribution in [0.25, 0.3) is 0 Å². The number of anilines is 1. The van der Waals surface area contributed by atoms with Crippen LogP contribution in [0.5, 0.6) is 0 Å². The van der Waals surface area contributed by atoms with Crippen molar-refractivity contribution in [2.45, 2.75) is 20.0 Å². The average Bonchev–Trinajstić information content (AvgIpc) is 2.01. The molecule has 0 fully saturated rings. The Morgan fingerprint density at radius 3 is 2.79 bits per heavy atom. The van der Waals surface area contributed by atoms with E-state index in [-0.39, 0.29) is 22.8 Å². The monoisotopic (exact) mass is 215 g/mol. The molecule has 0 spiro atoms. The van der Waals surface area contributed by atoms with E-state index in [1.807, 2.05) is 0 Å². The van der Waals surface area contributed by atoms with Gasteiger partial charge in [0.05, 0.1) is 6.10 Å². The fraction of sp³-hybridized carbons (Fsp3) is 0.375. The Hall–Kier alpha value is -1.36. The molecule has 2 N–H and O–H groups in total. The number of nitrogens with zero attached hydrogens (tertiary/aromatic N) is 2. The number of carbonyl (C=O) groups is 1. The van der Waals surface area contributed by atoms with Gasteiger partial charge in [-0.2, -0.15) is 0 Å². The lowest BCUT2D eigenvalue weighted by atomic mass is 10.3. The quantitative estimate of drug-likeness (QED) is 0.594. The van der Waals surface area contributed by atoms with Crippen molar-refractivity contribution in [2.24, 2.45) is 0 Å². The molecule has 0 aliphatic heterocycles. The summed E-state index contributed by atoms with van der Waals surface area (Å²) in [4.78, 5) is 18.6. The Balaban J connectivity index is 2.90. The second kappa shape index (κ2) is 4.23. The molecule has 0 unspecified atom stereocenters. The minimum absolute atomic E-state index is 0.00292. The Morgan fingerprint density at radius 2 is 2.29 bits per heavy atom. The van der Waals surface area contributed by atoms with Gasteiger partial charge in [0.25, 0.3) is 0 Å². The molecule has 14 heavy (non-hydrogen) atoms. The smallest absolute Gasteiger partial charge is 0.343 e. The van der Waals surface area contributed by atoms with Crippen molar-refractivity contribution in [1.82, 2.24) is 9.97 Å². The van der Waals surface area contributed by atoms with E-state index in [1.165, 1.54) is 6.20 Å². The van der Waals surface area contributed by atoms with Gasteiger partial charge in [-0.3, -0.25) is 0 Å². The summed E-state index contributed by atoms with van der Waals surface area (Å²) >= 11 is 5.68. The van der Waals surface area contributed by atoms with Gasteiger partial charge >= 0.3 is 5.97 Å². The van der Waals surface area contributed by atoms with Crippen molar-refractivity contribution in [1.29, 1.82) is 0 Å². The molecule has 1 rings (SSSR count). The summed E-state index contributed by atoms with van der Waals surface area (Å²) in [6, 6.07) is 0. The van der Waals surface area contributed by atoms with Crippen LogP contribution in [0.4, 0.5) is 5.95 Å². The summed E-state index contributed by atoms with van der Waals surface area (Å²) in [5, 5.41) is 0.00292. The van der Waals surface area contributed by atoms with Gasteiger partial charge in [-0.05, 0) is 13.8 Å². The van der Waals surface area contributed by atoms with Crippen LogP contribution >= 0.6 is 11.6 Å². The van der Waals surface area contributed by atoms with Gasteiger partial charge < -0.3 is 10.5 Å². The second-order valence-corrected chi connectivity index (χ2v) is 3.24. The van der Waals surface area contributed by atoms with Crippen molar-refractivity contribution in [3.63, 3.8) is 0 Å². The predicted octanol–water partition coefficient (Wildman–Crippen LogP) is 1.28. The van der Waals surface area contributed by atoms with Crippen LogP contribution in [0.2, 0.25) is 5.15 Å². The Bertz CT molecular complexity index is 354. The van der Waals surface area contributed by atoms with Gasteiger partial charge in [-0.25, -0.2) is 14.8 Å². The summed E-state index contributed by atoms with van der Waals surface area (Å²) in [6.45, 7) is 3.48. The fourth-order valence-electron chi connectivity index (χ4n) is 0.788. The maximum Gasteiger partial charge on any atom is 0.343 e. The first-order valence-electron chi connectivity index (χ1n) is 3.99. The lowest BCUT2D eigenvalue weighted by Crippen LogP contribution is -2.13. The zero-order valence-corrected chi connectivity index (χ0v) is 8.58. The molecule has 0 bridgehead atoms. The van der Waals surface area contributed by atoms with E-state index in [0.29, 0.717) is 0 Å². The third kappa shape index (κ3) is 2.56. The molecule has 0 saturated heterocycles. The average molecular weight is 216 g/mol. The second-order valence-electron chi connectivity index (χ2n) is 2.89. The molecule has 0 radical (unpaired) electrons. The van der Waals surface area contributed by atoms with Crippen LogP contribution in [0.15, 0.2) is 6.20 Å². The Morgan fingerprint density at radius 1 is 1.64 bits per heavy atom. The van der Waals surface area contributed by atoms with Gasteiger partial charge in [0.1, 0.15) is 10.7 Å². The number of nitrogens with two attached hydrogens (primary N) is 1. The number of aromatic nitrogens is 2. The number of esters is 1. The first-order chi connectivity index (χ1) is 6.50. The zero-order valence-electron chi connectivity index (χ0n) is 7.82. The predicted molar refractivity (Wildman–Crippen MR) is 52.0 cm³/mol. The van der Waals surface area contributed by atoms with Gasteiger partial charge in [0, 0.05) is 6.20 Å². The minimum atomic E-state index is -0.551. The first kappa shape index (κ1) is 10.7. The third-order valence-corrected chi connectivity index (χ3v) is 1.61. The van der Waals surface area contributed by atoms with Gasteiger partial charge in [-0.1, -0.05) is 11.6 Å². The van der Waals surface area contributed by atoms with E-state index in [4.69, 9.17) is 22.1 Å². The highest BCUT2D eigenvalue weighted by molar-refractivity contribution is 6.32. The summed E-state index contributed by atoms with van der Waals surface area (Å²) < 4.78 is 4.91. The van der Waals surface area contributed by atoms with E-state index < -0.39 is 5.97 Å². The molecule has 5 nitrogen and oxygen atoms in total. The molecule has 1 aromatic heterocycles. The van der Waals surface area contributed by atoms with Crippen LogP contribution in [0, 0.1) is 0 Å². The van der Waals surface area contributed by atoms with Crippen LogP contribution in [0.1, 0.15) is 24.2 Å². The number of nitrogen functional groups attached to an aromatic ring is 1. The number of carbonyl (C=O) groups excluding carboxylic acids is 1. The third-order valence-electron chi connectivity index (χ3n) is 1.32. The number of hydrogen-bond donors (Lipinski definition) is 1. The van der Waals surface area contributed by atoms with Crippen LogP contribution in [-0.2, 0) is 4.74 Å². The van der Waals surface area contributed by atoms with Crippen molar-refractivity contribution in [3.05, 3.63) is 16.9 Å². The van der Waals surface area contributed by atoms with Crippen molar-refractivity contribution in [3.8, 4) is 0 Å². The summed E-state index contributed by atoms with van der Waals surface area (Å²) in [5.74, 6) is -0.527. The maximum absolute atomic E-state index is 11.4.